The van der Waals surface area contributed by atoms with Crippen LogP contribution in [0.15, 0.2) is 48.5 Å². The second-order valence-electron chi connectivity index (χ2n) is 6.39. The number of rotatable bonds is 4. The van der Waals surface area contributed by atoms with E-state index in [2.05, 4.69) is 0 Å². The topological polar surface area (TPSA) is 38.8 Å². The fourth-order valence-corrected chi connectivity index (χ4v) is 3.23. The summed E-state index contributed by atoms with van der Waals surface area (Å²) in [7, 11) is 0. The Morgan fingerprint density at radius 2 is 1.88 bits per heavy atom. The van der Waals surface area contributed by atoms with Crippen molar-refractivity contribution in [1.82, 2.24) is 4.90 Å². The molecular formula is C20H22ClNO3. The van der Waals surface area contributed by atoms with Crippen LogP contribution in [0.3, 0.4) is 0 Å². The van der Waals surface area contributed by atoms with Crippen molar-refractivity contribution >= 4 is 17.5 Å². The summed E-state index contributed by atoms with van der Waals surface area (Å²) in [5.74, 6) is 0.665. The number of carbonyl (C=O) groups is 1. The molecule has 2 atom stereocenters. The second-order valence-corrected chi connectivity index (χ2v) is 6.79. The smallest absolute Gasteiger partial charge is 0.254 e. The fourth-order valence-electron chi connectivity index (χ4n) is 3.04. The summed E-state index contributed by atoms with van der Waals surface area (Å²) in [5.41, 5.74) is 1.60. The van der Waals surface area contributed by atoms with Crippen molar-refractivity contribution in [2.45, 2.75) is 32.7 Å². The number of carbonyl (C=O) groups excluding carboxylic acids is 1. The number of morpholine rings is 1. The van der Waals surface area contributed by atoms with E-state index in [1.165, 1.54) is 0 Å². The predicted molar refractivity (Wildman–Crippen MR) is 98.1 cm³/mol. The zero-order valence-corrected chi connectivity index (χ0v) is 15.2. The van der Waals surface area contributed by atoms with Gasteiger partial charge >= 0.3 is 0 Å². The van der Waals surface area contributed by atoms with Crippen LogP contribution in [0.4, 0.5) is 0 Å². The molecule has 0 aliphatic carbocycles. The lowest BCUT2D eigenvalue weighted by Crippen LogP contribution is -2.48. The van der Waals surface area contributed by atoms with Gasteiger partial charge in [-0.3, -0.25) is 4.79 Å². The first-order valence-corrected chi connectivity index (χ1v) is 8.81. The Bertz CT molecular complexity index is 739. The van der Waals surface area contributed by atoms with Crippen LogP contribution in [0, 0.1) is 0 Å². The molecule has 1 amide bonds. The quantitative estimate of drug-likeness (QED) is 0.822. The van der Waals surface area contributed by atoms with Gasteiger partial charge in [-0.05, 0) is 43.7 Å². The summed E-state index contributed by atoms with van der Waals surface area (Å²) in [6.45, 7) is 5.57. The average molecular weight is 360 g/mol. The van der Waals surface area contributed by atoms with Crippen molar-refractivity contribution in [3.63, 3.8) is 0 Å². The number of para-hydroxylation sites is 1. The SMILES string of the molecule is C[C@H]1CN(C(=O)c2cccc(COc3ccccc3Cl)c2)C[C@H](C)O1. The van der Waals surface area contributed by atoms with Crippen molar-refractivity contribution in [3.05, 3.63) is 64.7 Å². The van der Waals surface area contributed by atoms with Crippen molar-refractivity contribution in [3.8, 4) is 5.75 Å². The molecule has 1 heterocycles. The number of nitrogens with zero attached hydrogens (tertiary/aromatic N) is 1. The number of ether oxygens (including phenoxy) is 2. The lowest BCUT2D eigenvalue weighted by atomic mass is 10.1. The van der Waals surface area contributed by atoms with Crippen LogP contribution >= 0.6 is 11.6 Å². The van der Waals surface area contributed by atoms with E-state index in [9.17, 15) is 4.79 Å². The van der Waals surface area contributed by atoms with Crippen LogP contribution in [-0.2, 0) is 11.3 Å². The molecule has 1 fully saturated rings. The number of hydrogen-bond acceptors (Lipinski definition) is 3. The molecule has 0 bridgehead atoms. The van der Waals surface area contributed by atoms with Gasteiger partial charge in [0.15, 0.2) is 0 Å². The second kappa shape index (κ2) is 7.89. The summed E-state index contributed by atoms with van der Waals surface area (Å²) < 4.78 is 11.5. The molecule has 5 heteroatoms. The van der Waals surface area contributed by atoms with Gasteiger partial charge in [-0.15, -0.1) is 0 Å². The largest absolute Gasteiger partial charge is 0.487 e. The Balaban J connectivity index is 1.68. The van der Waals surface area contributed by atoms with E-state index in [1.54, 1.807) is 6.07 Å². The Morgan fingerprint density at radius 1 is 1.16 bits per heavy atom. The normalized spacial score (nSPS) is 20.4. The average Bonchev–Trinajstić information content (AvgIpc) is 2.60. The van der Waals surface area contributed by atoms with Gasteiger partial charge < -0.3 is 14.4 Å². The first-order chi connectivity index (χ1) is 12.0. The van der Waals surface area contributed by atoms with E-state index in [-0.39, 0.29) is 18.1 Å². The standard InChI is InChI=1S/C20H22ClNO3/c1-14-11-22(12-15(2)25-14)20(23)17-7-5-6-16(10-17)13-24-19-9-4-3-8-18(19)21/h3-10,14-15H,11-13H2,1-2H3/t14-,15-/m0/s1. The van der Waals surface area contributed by atoms with Gasteiger partial charge in [0.2, 0.25) is 0 Å². The highest BCUT2D eigenvalue weighted by atomic mass is 35.5. The van der Waals surface area contributed by atoms with Crippen molar-refractivity contribution in [2.75, 3.05) is 13.1 Å². The van der Waals surface area contributed by atoms with E-state index in [0.717, 1.165) is 5.56 Å². The molecule has 0 unspecified atom stereocenters. The van der Waals surface area contributed by atoms with Crippen molar-refractivity contribution in [1.29, 1.82) is 0 Å². The molecule has 4 nitrogen and oxygen atoms in total. The number of halogens is 1. The first-order valence-electron chi connectivity index (χ1n) is 8.44. The summed E-state index contributed by atoms with van der Waals surface area (Å²) in [4.78, 5) is 14.6. The van der Waals surface area contributed by atoms with E-state index < -0.39 is 0 Å². The monoisotopic (exact) mass is 359 g/mol. The van der Waals surface area contributed by atoms with Gasteiger partial charge in [0.25, 0.3) is 5.91 Å². The molecule has 1 saturated heterocycles. The van der Waals surface area contributed by atoms with Crippen LogP contribution in [0.2, 0.25) is 5.02 Å². The Labute approximate surface area is 153 Å². The molecule has 25 heavy (non-hydrogen) atoms. The molecular weight excluding hydrogens is 338 g/mol. The Morgan fingerprint density at radius 3 is 2.60 bits per heavy atom. The molecule has 1 aliphatic rings. The highest BCUT2D eigenvalue weighted by Crippen LogP contribution is 2.24. The minimum Gasteiger partial charge on any atom is -0.487 e. The van der Waals surface area contributed by atoms with Crippen LogP contribution in [0.1, 0.15) is 29.8 Å². The molecule has 0 radical (unpaired) electrons. The maximum absolute atomic E-state index is 12.8. The van der Waals surface area contributed by atoms with Gasteiger partial charge in [-0.1, -0.05) is 35.9 Å². The number of benzene rings is 2. The van der Waals surface area contributed by atoms with Crippen LogP contribution in [-0.4, -0.2) is 36.1 Å². The van der Waals surface area contributed by atoms with E-state index in [4.69, 9.17) is 21.1 Å². The highest BCUT2D eigenvalue weighted by molar-refractivity contribution is 6.32. The summed E-state index contributed by atoms with van der Waals surface area (Å²) in [6, 6.07) is 14.9. The van der Waals surface area contributed by atoms with Crippen molar-refractivity contribution in [2.24, 2.45) is 0 Å². The van der Waals surface area contributed by atoms with E-state index >= 15 is 0 Å². The predicted octanol–water partition coefficient (Wildman–Crippen LogP) is 4.17. The maximum Gasteiger partial charge on any atom is 0.254 e. The zero-order valence-electron chi connectivity index (χ0n) is 14.4. The third-order valence-corrected chi connectivity index (χ3v) is 4.42. The minimum absolute atomic E-state index is 0.0293. The molecule has 0 spiro atoms. The molecule has 132 valence electrons. The maximum atomic E-state index is 12.8. The van der Waals surface area contributed by atoms with E-state index in [0.29, 0.717) is 36.0 Å². The molecule has 2 aromatic rings. The summed E-state index contributed by atoms with van der Waals surface area (Å²) in [6.07, 6.45) is 0.110. The van der Waals surface area contributed by atoms with Crippen LogP contribution in [0.25, 0.3) is 0 Å². The first kappa shape index (κ1) is 17.8. The highest BCUT2D eigenvalue weighted by Gasteiger charge is 2.26. The van der Waals surface area contributed by atoms with Gasteiger partial charge in [0, 0.05) is 18.7 Å². The van der Waals surface area contributed by atoms with Gasteiger partial charge in [0.05, 0.1) is 17.2 Å². The van der Waals surface area contributed by atoms with Crippen molar-refractivity contribution < 1.29 is 14.3 Å². The van der Waals surface area contributed by atoms with Crippen LogP contribution < -0.4 is 4.74 Å². The minimum atomic E-state index is 0.0293. The Kier molecular flexibility index (Phi) is 5.61. The molecule has 1 aliphatic heterocycles. The number of hydrogen-bond donors (Lipinski definition) is 0. The molecule has 0 aromatic heterocycles. The summed E-state index contributed by atoms with van der Waals surface area (Å²) >= 11 is 6.10. The third kappa shape index (κ3) is 4.53. The third-order valence-electron chi connectivity index (χ3n) is 4.11. The van der Waals surface area contributed by atoms with Gasteiger partial charge in [0.1, 0.15) is 12.4 Å². The van der Waals surface area contributed by atoms with Gasteiger partial charge in [-0.2, -0.15) is 0 Å². The molecule has 3 rings (SSSR count). The lowest BCUT2D eigenvalue weighted by Gasteiger charge is -2.35. The van der Waals surface area contributed by atoms with Crippen LogP contribution in [0.5, 0.6) is 5.75 Å². The Hall–Kier alpha value is -2.04. The number of amides is 1. The molecule has 0 saturated carbocycles. The fraction of sp³-hybridized carbons (Fsp3) is 0.350. The zero-order chi connectivity index (χ0) is 17.8. The van der Waals surface area contributed by atoms with Gasteiger partial charge in [-0.25, -0.2) is 0 Å². The molecule has 2 aromatic carbocycles. The molecule has 0 N–H and O–H groups in total. The lowest BCUT2D eigenvalue weighted by molar-refractivity contribution is -0.0586. The summed E-state index contributed by atoms with van der Waals surface area (Å²) in [5, 5.41) is 0.575. The van der Waals surface area contributed by atoms with E-state index in [1.807, 2.05) is 61.2 Å².